The molecule has 0 aliphatic carbocycles. The van der Waals surface area contributed by atoms with Crippen LogP contribution in [-0.2, 0) is 6.42 Å². The quantitative estimate of drug-likeness (QED) is 0.913. The van der Waals surface area contributed by atoms with Gasteiger partial charge in [-0.25, -0.2) is 0 Å². The summed E-state index contributed by atoms with van der Waals surface area (Å²) in [5.74, 6) is 1.48. The Morgan fingerprint density at radius 1 is 0.952 bits per heavy atom. The normalized spacial score (nSPS) is 12.0. The summed E-state index contributed by atoms with van der Waals surface area (Å²) >= 11 is 0. The Morgan fingerprint density at radius 3 is 2.33 bits per heavy atom. The van der Waals surface area contributed by atoms with Gasteiger partial charge in [0, 0.05) is 6.04 Å². The van der Waals surface area contributed by atoms with E-state index in [9.17, 15) is 0 Å². The van der Waals surface area contributed by atoms with Crippen molar-refractivity contribution in [1.82, 2.24) is 0 Å². The van der Waals surface area contributed by atoms with Crippen LogP contribution in [0.2, 0.25) is 0 Å². The van der Waals surface area contributed by atoms with Crippen molar-refractivity contribution in [2.24, 2.45) is 5.73 Å². The molecule has 2 N–H and O–H groups in total. The fraction of sp³-hybridized carbons (Fsp3) is 0.333. The van der Waals surface area contributed by atoms with E-state index in [-0.39, 0.29) is 6.04 Å². The summed E-state index contributed by atoms with van der Waals surface area (Å²) in [6, 6.07) is 12.3. The van der Waals surface area contributed by atoms with Crippen LogP contribution in [-0.4, -0.2) is 14.2 Å². The lowest BCUT2D eigenvalue weighted by Gasteiger charge is -2.17. The molecule has 1 atom stereocenters. The van der Waals surface area contributed by atoms with Gasteiger partial charge in [0.2, 0.25) is 0 Å². The molecule has 3 heteroatoms. The standard InChI is InChI=1S/C18H23NO2/c1-12-5-6-13(2)15(9-12)16(19)10-14-7-8-17(20-3)18(11-14)21-4/h5-9,11,16H,10,19H2,1-4H3. The zero-order chi connectivity index (χ0) is 15.4. The summed E-state index contributed by atoms with van der Waals surface area (Å²) in [5.41, 5.74) is 11.2. The van der Waals surface area contributed by atoms with E-state index >= 15 is 0 Å². The third-order valence-corrected chi connectivity index (χ3v) is 3.74. The van der Waals surface area contributed by atoms with E-state index in [0.29, 0.717) is 0 Å². The number of rotatable bonds is 5. The minimum Gasteiger partial charge on any atom is -0.493 e. The van der Waals surface area contributed by atoms with Crippen LogP contribution < -0.4 is 15.2 Å². The van der Waals surface area contributed by atoms with Crippen LogP contribution in [0.3, 0.4) is 0 Å². The molecule has 0 saturated heterocycles. The van der Waals surface area contributed by atoms with Crippen molar-refractivity contribution in [2.75, 3.05) is 14.2 Å². The van der Waals surface area contributed by atoms with Gasteiger partial charge in [-0.1, -0.05) is 29.8 Å². The largest absolute Gasteiger partial charge is 0.493 e. The topological polar surface area (TPSA) is 44.5 Å². The van der Waals surface area contributed by atoms with E-state index in [2.05, 4.69) is 32.0 Å². The highest BCUT2D eigenvalue weighted by molar-refractivity contribution is 5.43. The molecule has 0 heterocycles. The molecule has 0 aliphatic rings. The molecule has 0 fully saturated rings. The highest BCUT2D eigenvalue weighted by atomic mass is 16.5. The van der Waals surface area contributed by atoms with Crippen molar-refractivity contribution in [3.8, 4) is 11.5 Å². The molecule has 2 aromatic carbocycles. The zero-order valence-corrected chi connectivity index (χ0v) is 13.1. The minimum atomic E-state index is -0.0250. The molecule has 21 heavy (non-hydrogen) atoms. The average molecular weight is 285 g/mol. The monoisotopic (exact) mass is 285 g/mol. The lowest BCUT2D eigenvalue weighted by molar-refractivity contribution is 0.354. The molecule has 0 amide bonds. The smallest absolute Gasteiger partial charge is 0.160 e. The molecule has 2 rings (SSSR count). The summed E-state index contributed by atoms with van der Waals surface area (Å²) in [6.07, 6.45) is 0.768. The van der Waals surface area contributed by atoms with Gasteiger partial charge in [-0.3, -0.25) is 0 Å². The fourth-order valence-electron chi connectivity index (χ4n) is 2.53. The maximum absolute atomic E-state index is 6.39. The molecule has 0 aromatic heterocycles. The number of hydrogen-bond acceptors (Lipinski definition) is 3. The van der Waals surface area contributed by atoms with Gasteiger partial charge in [-0.15, -0.1) is 0 Å². The second kappa shape index (κ2) is 6.64. The lowest BCUT2D eigenvalue weighted by Crippen LogP contribution is -2.15. The molecular formula is C18H23NO2. The number of hydrogen-bond donors (Lipinski definition) is 1. The predicted molar refractivity (Wildman–Crippen MR) is 86.1 cm³/mol. The van der Waals surface area contributed by atoms with E-state index < -0.39 is 0 Å². The first-order chi connectivity index (χ1) is 10.0. The summed E-state index contributed by atoms with van der Waals surface area (Å²) in [4.78, 5) is 0. The molecule has 2 aromatic rings. The Balaban J connectivity index is 2.23. The summed E-state index contributed by atoms with van der Waals surface area (Å²) in [6.45, 7) is 4.19. The second-order valence-corrected chi connectivity index (χ2v) is 5.36. The van der Waals surface area contributed by atoms with Gasteiger partial charge < -0.3 is 15.2 Å². The van der Waals surface area contributed by atoms with E-state index in [1.54, 1.807) is 14.2 Å². The van der Waals surface area contributed by atoms with Crippen LogP contribution in [0.25, 0.3) is 0 Å². The fourth-order valence-corrected chi connectivity index (χ4v) is 2.53. The zero-order valence-electron chi connectivity index (χ0n) is 13.1. The Labute approximate surface area is 126 Å². The molecule has 3 nitrogen and oxygen atoms in total. The molecule has 0 spiro atoms. The van der Waals surface area contributed by atoms with Crippen LogP contribution in [0.15, 0.2) is 36.4 Å². The van der Waals surface area contributed by atoms with Gasteiger partial charge in [0.1, 0.15) is 0 Å². The Hall–Kier alpha value is -2.00. The van der Waals surface area contributed by atoms with Crippen molar-refractivity contribution in [2.45, 2.75) is 26.3 Å². The highest BCUT2D eigenvalue weighted by Crippen LogP contribution is 2.29. The number of aryl methyl sites for hydroxylation is 2. The van der Waals surface area contributed by atoms with Gasteiger partial charge in [0.25, 0.3) is 0 Å². The van der Waals surface area contributed by atoms with Crippen LogP contribution in [0.1, 0.15) is 28.3 Å². The van der Waals surface area contributed by atoms with Crippen LogP contribution in [0, 0.1) is 13.8 Å². The van der Waals surface area contributed by atoms with Crippen molar-refractivity contribution >= 4 is 0 Å². The average Bonchev–Trinajstić information content (AvgIpc) is 2.49. The van der Waals surface area contributed by atoms with Crippen LogP contribution in [0.5, 0.6) is 11.5 Å². The minimum absolute atomic E-state index is 0.0250. The van der Waals surface area contributed by atoms with Crippen molar-refractivity contribution < 1.29 is 9.47 Å². The first-order valence-corrected chi connectivity index (χ1v) is 7.08. The summed E-state index contributed by atoms with van der Waals surface area (Å²) < 4.78 is 10.6. The predicted octanol–water partition coefficient (Wildman–Crippen LogP) is 3.56. The Morgan fingerprint density at radius 2 is 1.67 bits per heavy atom. The van der Waals surface area contributed by atoms with Crippen molar-refractivity contribution in [1.29, 1.82) is 0 Å². The number of benzene rings is 2. The molecule has 0 bridgehead atoms. The third-order valence-electron chi connectivity index (χ3n) is 3.74. The first-order valence-electron chi connectivity index (χ1n) is 7.08. The van der Waals surface area contributed by atoms with Crippen molar-refractivity contribution in [3.63, 3.8) is 0 Å². The van der Waals surface area contributed by atoms with Crippen LogP contribution >= 0.6 is 0 Å². The summed E-state index contributed by atoms with van der Waals surface area (Å²) in [7, 11) is 3.28. The Kier molecular flexibility index (Phi) is 4.86. The van der Waals surface area contributed by atoms with Gasteiger partial charge >= 0.3 is 0 Å². The maximum Gasteiger partial charge on any atom is 0.160 e. The van der Waals surface area contributed by atoms with Gasteiger partial charge in [0.05, 0.1) is 14.2 Å². The Bertz CT molecular complexity index is 623. The number of nitrogens with two attached hydrogens (primary N) is 1. The van der Waals surface area contributed by atoms with Gasteiger partial charge in [-0.2, -0.15) is 0 Å². The number of ether oxygens (including phenoxy) is 2. The molecular weight excluding hydrogens is 262 g/mol. The van der Waals surface area contributed by atoms with E-state index in [1.807, 2.05) is 18.2 Å². The van der Waals surface area contributed by atoms with Crippen molar-refractivity contribution in [3.05, 3.63) is 58.7 Å². The molecule has 0 radical (unpaired) electrons. The SMILES string of the molecule is COc1ccc(CC(N)c2cc(C)ccc2C)cc1OC. The third kappa shape index (κ3) is 3.56. The van der Waals surface area contributed by atoms with E-state index in [0.717, 1.165) is 23.5 Å². The first kappa shape index (κ1) is 15.4. The summed E-state index contributed by atoms with van der Waals surface area (Å²) in [5, 5.41) is 0. The second-order valence-electron chi connectivity index (χ2n) is 5.36. The number of methoxy groups -OCH3 is 2. The van der Waals surface area contributed by atoms with E-state index in [4.69, 9.17) is 15.2 Å². The molecule has 0 saturated carbocycles. The van der Waals surface area contributed by atoms with Gasteiger partial charge in [-0.05, 0) is 49.1 Å². The maximum atomic E-state index is 6.39. The van der Waals surface area contributed by atoms with E-state index in [1.165, 1.54) is 16.7 Å². The highest BCUT2D eigenvalue weighted by Gasteiger charge is 2.12. The van der Waals surface area contributed by atoms with Gasteiger partial charge in [0.15, 0.2) is 11.5 Å². The molecule has 0 aliphatic heterocycles. The van der Waals surface area contributed by atoms with Crippen LogP contribution in [0.4, 0.5) is 0 Å². The lowest BCUT2D eigenvalue weighted by atomic mass is 9.94. The molecule has 1 unspecified atom stereocenters. The molecule has 112 valence electrons.